The van der Waals surface area contributed by atoms with Crippen molar-refractivity contribution in [2.24, 2.45) is 5.92 Å². The monoisotopic (exact) mass is 419 g/mol. The Balaban J connectivity index is 1.55. The molecule has 0 unspecified atom stereocenters. The minimum atomic E-state index is -0.365. The summed E-state index contributed by atoms with van der Waals surface area (Å²) >= 11 is 0. The Kier molecular flexibility index (Phi) is 6.77. The Morgan fingerprint density at radius 2 is 2.10 bits per heavy atom. The van der Waals surface area contributed by atoms with Gasteiger partial charge < -0.3 is 14.5 Å². The molecule has 1 aromatic heterocycles. The molecule has 6 heteroatoms. The first kappa shape index (κ1) is 21.2. The van der Waals surface area contributed by atoms with Gasteiger partial charge in [-0.05, 0) is 42.0 Å². The lowest BCUT2D eigenvalue weighted by Gasteiger charge is -2.25. The van der Waals surface area contributed by atoms with Gasteiger partial charge in [0.15, 0.2) is 0 Å². The smallest absolute Gasteiger partial charge is 0.251 e. The fraction of sp³-hybridized carbons (Fsp3) is 0.400. The predicted octanol–water partition coefficient (Wildman–Crippen LogP) is 2.94. The van der Waals surface area contributed by atoms with Crippen LogP contribution in [0, 0.1) is 5.92 Å². The second kappa shape index (κ2) is 9.88. The topological polar surface area (TPSA) is 62.7 Å². The Labute approximate surface area is 183 Å². The van der Waals surface area contributed by atoms with Gasteiger partial charge in [0.05, 0.1) is 5.92 Å². The Bertz CT molecular complexity index is 925. The average molecular weight is 420 g/mol. The maximum Gasteiger partial charge on any atom is 0.251 e. The standard InChI is InChI=1S/C25H29N3O3/c1-2-11-27-12-13-28(25(30)23-9-5-14-31-23)18-22(24(27)29)16-19-6-3-7-20(15-19)21-8-4-10-26-17-21/h2-4,6-8,10,15,17,22-23H,1,5,9,11-14,16,18H2/t22-,23+/m1/s1. The van der Waals surface area contributed by atoms with E-state index in [0.29, 0.717) is 39.2 Å². The van der Waals surface area contributed by atoms with Crippen molar-refractivity contribution in [2.45, 2.75) is 25.4 Å². The molecule has 162 valence electrons. The average Bonchev–Trinajstić information content (AvgIpc) is 3.30. The summed E-state index contributed by atoms with van der Waals surface area (Å²) in [6.07, 6.45) is 7.23. The highest BCUT2D eigenvalue weighted by atomic mass is 16.5. The van der Waals surface area contributed by atoms with Crippen LogP contribution in [0.3, 0.4) is 0 Å². The molecule has 4 rings (SSSR count). The quantitative estimate of drug-likeness (QED) is 0.676. The first-order chi connectivity index (χ1) is 15.2. The van der Waals surface area contributed by atoms with Crippen LogP contribution in [0.1, 0.15) is 18.4 Å². The summed E-state index contributed by atoms with van der Waals surface area (Å²) in [7, 11) is 0. The van der Waals surface area contributed by atoms with Gasteiger partial charge in [-0.3, -0.25) is 14.6 Å². The fourth-order valence-corrected chi connectivity index (χ4v) is 4.41. The first-order valence-corrected chi connectivity index (χ1v) is 10.9. The summed E-state index contributed by atoms with van der Waals surface area (Å²) in [5.74, 6) is -0.203. The van der Waals surface area contributed by atoms with Gasteiger partial charge in [0.25, 0.3) is 5.91 Å². The van der Waals surface area contributed by atoms with Crippen molar-refractivity contribution < 1.29 is 14.3 Å². The molecule has 2 aliphatic rings. The maximum absolute atomic E-state index is 13.3. The van der Waals surface area contributed by atoms with Crippen molar-refractivity contribution in [1.82, 2.24) is 14.8 Å². The van der Waals surface area contributed by atoms with Crippen LogP contribution in [0.5, 0.6) is 0 Å². The molecule has 0 N–H and O–H groups in total. The molecule has 0 spiro atoms. The second-order valence-corrected chi connectivity index (χ2v) is 8.20. The summed E-state index contributed by atoms with van der Waals surface area (Å²) < 4.78 is 5.62. The SMILES string of the molecule is C=CCN1CCN(C(=O)[C@@H]2CCCO2)C[C@@H](Cc2cccc(-c3cccnc3)c2)C1=O. The lowest BCUT2D eigenvalue weighted by molar-refractivity contribution is -0.141. The lowest BCUT2D eigenvalue weighted by Crippen LogP contribution is -2.42. The molecule has 2 fully saturated rings. The van der Waals surface area contributed by atoms with Crippen LogP contribution in [0.2, 0.25) is 0 Å². The lowest BCUT2D eigenvalue weighted by atomic mass is 9.95. The van der Waals surface area contributed by atoms with E-state index >= 15 is 0 Å². The molecule has 2 atom stereocenters. The van der Waals surface area contributed by atoms with E-state index in [1.807, 2.05) is 46.3 Å². The number of nitrogens with zero attached hydrogens (tertiary/aromatic N) is 3. The van der Waals surface area contributed by atoms with Crippen molar-refractivity contribution in [1.29, 1.82) is 0 Å². The third-order valence-electron chi connectivity index (χ3n) is 6.01. The summed E-state index contributed by atoms with van der Waals surface area (Å²) in [5.41, 5.74) is 3.19. The van der Waals surface area contributed by atoms with Crippen molar-refractivity contribution in [3.8, 4) is 11.1 Å². The maximum atomic E-state index is 13.3. The number of carbonyl (C=O) groups excluding carboxylic acids is 2. The molecule has 2 amide bonds. The van der Waals surface area contributed by atoms with E-state index in [-0.39, 0.29) is 23.8 Å². The molecule has 2 aromatic rings. The fourth-order valence-electron chi connectivity index (χ4n) is 4.41. The molecule has 0 saturated carbocycles. The summed E-state index contributed by atoms with van der Waals surface area (Å²) in [4.78, 5) is 34.1. The number of ether oxygens (including phenoxy) is 1. The van der Waals surface area contributed by atoms with Gasteiger partial charge in [0, 0.05) is 45.2 Å². The highest BCUT2D eigenvalue weighted by molar-refractivity contribution is 5.84. The van der Waals surface area contributed by atoms with E-state index in [1.54, 1.807) is 12.3 Å². The van der Waals surface area contributed by atoms with Crippen molar-refractivity contribution in [3.63, 3.8) is 0 Å². The molecule has 2 aliphatic heterocycles. The van der Waals surface area contributed by atoms with Gasteiger partial charge in [0.2, 0.25) is 5.91 Å². The Hall–Kier alpha value is -2.99. The zero-order valence-electron chi connectivity index (χ0n) is 17.8. The van der Waals surface area contributed by atoms with Gasteiger partial charge >= 0.3 is 0 Å². The second-order valence-electron chi connectivity index (χ2n) is 8.20. The molecular weight excluding hydrogens is 390 g/mol. The van der Waals surface area contributed by atoms with E-state index in [9.17, 15) is 9.59 Å². The highest BCUT2D eigenvalue weighted by Crippen LogP contribution is 2.24. The van der Waals surface area contributed by atoms with Crippen LogP contribution in [-0.2, 0) is 20.7 Å². The number of hydrogen-bond acceptors (Lipinski definition) is 4. The van der Waals surface area contributed by atoms with Gasteiger partial charge in [0.1, 0.15) is 6.10 Å². The van der Waals surface area contributed by atoms with E-state index in [2.05, 4.69) is 17.6 Å². The van der Waals surface area contributed by atoms with Crippen LogP contribution in [-0.4, -0.2) is 65.5 Å². The normalized spacial score (nSPS) is 21.7. The van der Waals surface area contributed by atoms with Crippen LogP contribution >= 0.6 is 0 Å². The molecule has 31 heavy (non-hydrogen) atoms. The zero-order chi connectivity index (χ0) is 21.6. The molecule has 2 saturated heterocycles. The highest BCUT2D eigenvalue weighted by Gasteiger charge is 2.35. The molecule has 6 nitrogen and oxygen atoms in total. The van der Waals surface area contributed by atoms with E-state index in [4.69, 9.17) is 4.74 Å². The number of amides is 2. The summed E-state index contributed by atoms with van der Waals surface area (Å²) in [6.45, 7) is 6.39. The van der Waals surface area contributed by atoms with E-state index in [0.717, 1.165) is 29.5 Å². The first-order valence-electron chi connectivity index (χ1n) is 10.9. The molecule has 0 aliphatic carbocycles. The molecule has 1 aromatic carbocycles. The summed E-state index contributed by atoms with van der Waals surface area (Å²) in [6, 6.07) is 12.2. The molecule has 0 bridgehead atoms. The predicted molar refractivity (Wildman–Crippen MR) is 119 cm³/mol. The molecule has 0 radical (unpaired) electrons. The third kappa shape index (κ3) is 5.02. The van der Waals surface area contributed by atoms with Crippen LogP contribution in [0.15, 0.2) is 61.4 Å². The number of aromatic nitrogens is 1. The van der Waals surface area contributed by atoms with E-state index in [1.165, 1.54) is 0 Å². The largest absolute Gasteiger partial charge is 0.368 e. The zero-order valence-corrected chi connectivity index (χ0v) is 17.8. The van der Waals surface area contributed by atoms with Crippen LogP contribution < -0.4 is 0 Å². The van der Waals surface area contributed by atoms with Gasteiger partial charge in [-0.25, -0.2) is 0 Å². The Morgan fingerprint density at radius 3 is 2.84 bits per heavy atom. The summed E-state index contributed by atoms with van der Waals surface area (Å²) in [5, 5.41) is 0. The van der Waals surface area contributed by atoms with Crippen LogP contribution in [0.25, 0.3) is 11.1 Å². The number of pyridine rings is 1. The minimum absolute atomic E-state index is 0.0138. The van der Waals surface area contributed by atoms with Crippen molar-refractivity contribution in [2.75, 3.05) is 32.8 Å². The third-order valence-corrected chi connectivity index (χ3v) is 6.01. The minimum Gasteiger partial charge on any atom is -0.368 e. The van der Waals surface area contributed by atoms with E-state index < -0.39 is 0 Å². The van der Waals surface area contributed by atoms with Crippen molar-refractivity contribution >= 4 is 11.8 Å². The van der Waals surface area contributed by atoms with Crippen molar-refractivity contribution in [3.05, 3.63) is 67.0 Å². The molecular formula is C25H29N3O3. The van der Waals surface area contributed by atoms with Crippen LogP contribution in [0.4, 0.5) is 0 Å². The number of benzene rings is 1. The van der Waals surface area contributed by atoms with Gasteiger partial charge in [-0.15, -0.1) is 6.58 Å². The number of hydrogen-bond donors (Lipinski definition) is 0. The van der Waals surface area contributed by atoms with Gasteiger partial charge in [-0.1, -0.05) is 36.4 Å². The Morgan fingerprint density at radius 1 is 1.23 bits per heavy atom. The van der Waals surface area contributed by atoms with Gasteiger partial charge in [-0.2, -0.15) is 0 Å². The number of rotatable bonds is 6. The number of carbonyl (C=O) groups is 2. The molecule has 3 heterocycles.